The van der Waals surface area contributed by atoms with E-state index < -0.39 is 29.2 Å². The van der Waals surface area contributed by atoms with Crippen LogP contribution in [-0.2, 0) is 0 Å². The normalized spacial score (nSPS) is 22.1. The molecule has 2 aliphatic heterocycles. The van der Waals surface area contributed by atoms with Crippen molar-refractivity contribution in [2.45, 2.75) is 18.0 Å². The van der Waals surface area contributed by atoms with E-state index in [4.69, 9.17) is 0 Å². The number of halogens is 2. The summed E-state index contributed by atoms with van der Waals surface area (Å²) >= 11 is 3.49. The zero-order chi connectivity index (χ0) is 26.9. The van der Waals surface area contributed by atoms with Crippen LogP contribution in [0.15, 0.2) is 108 Å². The number of ketones is 3. The summed E-state index contributed by atoms with van der Waals surface area (Å²) in [5, 5.41) is 0. The summed E-state index contributed by atoms with van der Waals surface area (Å²) < 4.78 is 14.7. The lowest BCUT2D eigenvalue weighted by Gasteiger charge is -2.37. The standard InChI is InChI=1S/C33H21BrFNO3/c34-22-14-9-20(10-15-22)28-29(30(37)21-11-16-23(35)17-12-21)36-26-8-4-1-5-19(26)13-18-27(36)33(28)31(38)24-6-2-3-7-25(24)32(33)39/h1-18,27-29H/t27-,28+,29+/m1/s1. The van der Waals surface area contributed by atoms with Crippen molar-refractivity contribution < 1.29 is 18.8 Å². The molecule has 1 fully saturated rings. The number of rotatable bonds is 3. The zero-order valence-corrected chi connectivity index (χ0v) is 22.1. The van der Waals surface area contributed by atoms with Gasteiger partial charge in [0, 0.05) is 32.8 Å². The van der Waals surface area contributed by atoms with Crippen LogP contribution in [0.25, 0.3) is 6.08 Å². The molecule has 2 heterocycles. The van der Waals surface area contributed by atoms with Crippen molar-refractivity contribution in [2.24, 2.45) is 5.41 Å². The second kappa shape index (κ2) is 8.68. The number of carbonyl (C=O) groups excluding carboxylic acids is 3. The summed E-state index contributed by atoms with van der Waals surface area (Å²) in [6, 6.07) is 25.9. The first-order valence-corrected chi connectivity index (χ1v) is 13.5. The summed E-state index contributed by atoms with van der Waals surface area (Å²) in [7, 11) is 0. The van der Waals surface area contributed by atoms with Crippen LogP contribution in [0.3, 0.4) is 0 Å². The van der Waals surface area contributed by atoms with Gasteiger partial charge in [-0.15, -0.1) is 0 Å². The lowest BCUT2D eigenvalue weighted by atomic mass is 9.64. The first-order valence-electron chi connectivity index (χ1n) is 12.7. The van der Waals surface area contributed by atoms with Gasteiger partial charge in [-0.25, -0.2) is 4.39 Å². The van der Waals surface area contributed by atoms with E-state index in [-0.39, 0.29) is 17.3 Å². The fourth-order valence-corrected chi connectivity index (χ4v) is 7.01. The second-order valence-corrected chi connectivity index (χ2v) is 11.1. The average Bonchev–Trinajstić information content (AvgIpc) is 3.40. The maximum absolute atomic E-state index is 14.5. The van der Waals surface area contributed by atoms with Crippen molar-refractivity contribution in [3.8, 4) is 0 Å². The zero-order valence-electron chi connectivity index (χ0n) is 20.6. The van der Waals surface area contributed by atoms with E-state index in [1.165, 1.54) is 24.3 Å². The van der Waals surface area contributed by atoms with Gasteiger partial charge in [-0.3, -0.25) is 14.4 Å². The largest absolute Gasteiger partial charge is 0.352 e. The average molecular weight is 578 g/mol. The Kier molecular flexibility index (Phi) is 5.32. The maximum atomic E-state index is 14.5. The van der Waals surface area contributed by atoms with Gasteiger partial charge < -0.3 is 4.90 Å². The third kappa shape index (κ3) is 3.24. The summed E-state index contributed by atoms with van der Waals surface area (Å²) in [6.45, 7) is 0. The molecule has 39 heavy (non-hydrogen) atoms. The Morgan fingerprint density at radius 3 is 2.08 bits per heavy atom. The highest BCUT2D eigenvalue weighted by molar-refractivity contribution is 9.10. The molecule has 1 saturated heterocycles. The topological polar surface area (TPSA) is 54.5 Å². The Morgan fingerprint density at radius 1 is 0.795 bits per heavy atom. The first-order chi connectivity index (χ1) is 18.9. The van der Waals surface area contributed by atoms with Crippen molar-refractivity contribution in [3.63, 3.8) is 0 Å². The van der Waals surface area contributed by atoms with Crippen LogP contribution in [0.1, 0.15) is 48.1 Å². The Hall–Kier alpha value is -4.16. The van der Waals surface area contributed by atoms with Crippen LogP contribution < -0.4 is 4.90 Å². The Morgan fingerprint density at radius 2 is 1.41 bits per heavy atom. The third-order valence-corrected chi connectivity index (χ3v) is 8.87. The number of nitrogens with zero attached hydrogens (tertiary/aromatic N) is 1. The van der Waals surface area contributed by atoms with Crippen LogP contribution in [0.2, 0.25) is 0 Å². The number of anilines is 1. The molecular formula is C33H21BrFNO3. The second-order valence-electron chi connectivity index (χ2n) is 10.2. The van der Waals surface area contributed by atoms with Crippen LogP contribution in [0, 0.1) is 11.2 Å². The smallest absolute Gasteiger partial charge is 0.185 e. The molecule has 4 aromatic rings. The SMILES string of the molecule is O=C(c1ccc(F)cc1)[C@@H]1[C@H](c2ccc(Br)cc2)C2(C(=O)c3ccccc3C2=O)[C@H]2C=Cc3ccccc3N12. The lowest BCUT2D eigenvalue weighted by molar-refractivity contribution is 0.0666. The summed E-state index contributed by atoms with van der Waals surface area (Å²) in [5.74, 6) is -2.06. The predicted octanol–water partition coefficient (Wildman–Crippen LogP) is 6.90. The van der Waals surface area contributed by atoms with E-state index in [0.29, 0.717) is 22.3 Å². The number of para-hydroxylation sites is 1. The predicted molar refractivity (Wildman–Crippen MR) is 151 cm³/mol. The molecule has 0 amide bonds. The number of hydrogen-bond donors (Lipinski definition) is 0. The first kappa shape index (κ1) is 23.9. The summed E-state index contributed by atoms with van der Waals surface area (Å²) in [5.41, 5.74) is 1.92. The number of benzene rings is 4. The highest BCUT2D eigenvalue weighted by Gasteiger charge is 2.71. The number of hydrogen-bond acceptors (Lipinski definition) is 4. The van der Waals surface area contributed by atoms with Crippen LogP contribution in [0.5, 0.6) is 0 Å². The van der Waals surface area contributed by atoms with Crippen molar-refractivity contribution in [2.75, 3.05) is 4.90 Å². The van der Waals surface area contributed by atoms with E-state index in [1.807, 2.05) is 65.6 Å². The van der Waals surface area contributed by atoms with E-state index >= 15 is 0 Å². The van der Waals surface area contributed by atoms with E-state index in [0.717, 1.165) is 15.7 Å². The number of Topliss-reactive ketones (excluding diaryl/α,β-unsaturated/α-hetero) is 3. The molecule has 7 rings (SSSR count). The molecule has 0 unspecified atom stereocenters. The summed E-state index contributed by atoms with van der Waals surface area (Å²) in [4.78, 5) is 45.5. The van der Waals surface area contributed by atoms with Crippen LogP contribution >= 0.6 is 15.9 Å². The van der Waals surface area contributed by atoms with E-state index in [2.05, 4.69) is 15.9 Å². The highest BCUT2D eigenvalue weighted by atomic mass is 79.9. The molecule has 1 spiro atoms. The molecule has 190 valence electrons. The fourth-order valence-electron chi connectivity index (χ4n) is 6.75. The van der Waals surface area contributed by atoms with Gasteiger partial charge in [0.1, 0.15) is 17.3 Å². The monoisotopic (exact) mass is 577 g/mol. The van der Waals surface area contributed by atoms with Crippen molar-refractivity contribution in [1.29, 1.82) is 0 Å². The van der Waals surface area contributed by atoms with Gasteiger partial charge in [-0.05, 0) is 53.6 Å². The molecule has 0 N–H and O–H groups in total. The minimum Gasteiger partial charge on any atom is -0.352 e. The number of carbonyl (C=O) groups is 3. The Balaban J connectivity index is 1.54. The van der Waals surface area contributed by atoms with Crippen molar-refractivity contribution in [3.05, 3.63) is 141 Å². The molecule has 6 heteroatoms. The molecule has 3 atom stereocenters. The number of fused-ring (bicyclic) bond motifs is 5. The van der Waals surface area contributed by atoms with Crippen LogP contribution in [0.4, 0.5) is 10.1 Å². The molecule has 0 bridgehead atoms. The van der Waals surface area contributed by atoms with Gasteiger partial charge in [0.25, 0.3) is 0 Å². The van der Waals surface area contributed by atoms with Crippen LogP contribution in [-0.4, -0.2) is 29.4 Å². The van der Waals surface area contributed by atoms with Gasteiger partial charge >= 0.3 is 0 Å². The van der Waals surface area contributed by atoms with E-state index in [1.54, 1.807) is 24.3 Å². The fraction of sp³-hybridized carbons (Fsp3) is 0.121. The maximum Gasteiger partial charge on any atom is 0.185 e. The Bertz CT molecular complexity index is 1670. The van der Waals surface area contributed by atoms with Gasteiger partial charge in [0.15, 0.2) is 17.3 Å². The minimum absolute atomic E-state index is 0.272. The third-order valence-electron chi connectivity index (χ3n) is 8.34. The van der Waals surface area contributed by atoms with Gasteiger partial charge in [-0.2, -0.15) is 0 Å². The van der Waals surface area contributed by atoms with Gasteiger partial charge in [0.05, 0.1) is 6.04 Å². The van der Waals surface area contributed by atoms with Gasteiger partial charge in [-0.1, -0.05) is 82.7 Å². The molecular weight excluding hydrogens is 557 g/mol. The van der Waals surface area contributed by atoms with Crippen molar-refractivity contribution in [1.82, 2.24) is 0 Å². The highest BCUT2D eigenvalue weighted by Crippen LogP contribution is 2.61. The molecule has 1 aliphatic carbocycles. The molecule has 4 nitrogen and oxygen atoms in total. The summed E-state index contributed by atoms with van der Waals surface area (Å²) in [6.07, 6.45) is 3.83. The molecule has 3 aliphatic rings. The lowest BCUT2D eigenvalue weighted by Crippen LogP contribution is -2.48. The van der Waals surface area contributed by atoms with Gasteiger partial charge in [0.2, 0.25) is 0 Å². The molecule has 0 aromatic heterocycles. The van der Waals surface area contributed by atoms with E-state index in [9.17, 15) is 18.8 Å². The molecule has 0 radical (unpaired) electrons. The Labute approximate surface area is 232 Å². The molecule has 0 saturated carbocycles. The minimum atomic E-state index is -1.55. The van der Waals surface area contributed by atoms with Crippen molar-refractivity contribution >= 4 is 45.0 Å². The molecule has 4 aromatic carbocycles. The quantitative estimate of drug-likeness (QED) is 0.196.